The van der Waals surface area contributed by atoms with Crippen LogP contribution in [0, 0.1) is 0 Å². The molecule has 0 radical (unpaired) electrons. The van der Waals surface area contributed by atoms with Crippen LogP contribution in [0.2, 0.25) is 0 Å². The van der Waals surface area contributed by atoms with Gasteiger partial charge in [-0.1, -0.05) is 0 Å². The fraction of sp³-hybridized carbons (Fsp3) is 0.400. The summed E-state index contributed by atoms with van der Waals surface area (Å²) in [6.07, 6.45) is 3.05. The smallest absolute Gasteiger partial charge is 0.267 e. The van der Waals surface area contributed by atoms with Crippen LogP contribution in [0.1, 0.15) is 23.3 Å². The zero-order valence-corrected chi connectivity index (χ0v) is 8.25. The van der Waals surface area contributed by atoms with Gasteiger partial charge in [0.05, 0.1) is 0 Å². The third-order valence-corrected chi connectivity index (χ3v) is 2.44. The second kappa shape index (κ2) is 4.16. The molecule has 0 bridgehead atoms. The van der Waals surface area contributed by atoms with Gasteiger partial charge in [-0.05, 0) is 18.6 Å². The first-order valence-electron chi connectivity index (χ1n) is 4.96. The molecule has 0 saturated carbocycles. The molecule has 5 nitrogen and oxygen atoms in total. The lowest BCUT2D eigenvalue weighted by Gasteiger charge is -2.10. The predicted molar refractivity (Wildman–Crippen MR) is 54.3 cm³/mol. The topological polar surface area (TPSA) is 74.0 Å². The normalized spacial score (nSPS) is 20.0. The standard InChI is InChI=1S/C10H13N3O2/c14-9-4-3-7(13-9)6-12-10(15)8-2-1-5-11-8/h1-2,5,7,11H,3-4,6H2,(H,12,15)(H,13,14). The highest BCUT2D eigenvalue weighted by Gasteiger charge is 2.21. The Kier molecular flexibility index (Phi) is 2.71. The molecule has 0 spiro atoms. The molecule has 1 aliphatic rings. The Morgan fingerprint density at radius 2 is 2.47 bits per heavy atom. The highest BCUT2D eigenvalue weighted by Crippen LogP contribution is 2.05. The van der Waals surface area contributed by atoms with E-state index in [9.17, 15) is 9.59 Å². The SMILES string of the molecule is O=C1CCC(CNC(=O)c2ccc[nH]2)N1. The summed E-state index contributed by atoms with van der Waals surface area (Å²) in [5.41, 5.74) is 0.541. The van der Waals surface area contributed by atoms with Gasteiger partial charge >= 0.3 is 0 Å². The summed E-state index contributed by atoms with van der Waals surface area (Å²) in [6.45, 7) is 0.490. The molecule has 1 aliphatic heterocycles. The van der Waals surface area contributed by atoms with Crippen molar-refractivity contribution >= 4 is 11.8 Å². The van der Waals surface area contributed by atoms with Gasteiger partial charge in [0.1, 0.15) is 5.69 Å². The molecular weight excluding hydrogens is 194 g/mol. The van der Waals surface area contributed by atoms with E-state index in [-0.39, 0.29) is 17.9 Å². The number of aromatic nitrogens is 1. The summed E-state index contributed by atoms with van der Waals surface area (Å²) >= 11 is 0. The number of nitrogens with one attached hydrogen (secondary N) is 3. The van der Waals surface area contributed by atoms with Crippen molar-refractivity contribution in [3.63, 3.8) is 0 Å². The van der Waals surface area contributed by atoms with E-state index in [0.29, 0.717) is 18.7 Å². The molecule has 2 rings (SSSR count). The monoisotopic (exact) mass is 207 g/mol. The second-order valence-corrected chi connectivity index (χ2v) is 3.60. The lowest BCUT2D eigenvalue weighted by atomic mass is 10.2. The van der Waals surface area contributed by atoms with E-state index in [1.807, 2.05) is 0 Å². The Bertz CT molecular complexity index is 359. The number of carbonyl (C=O) groups excluding carboxylic acids is 2. The van der Waals surface area contributed by atoms with Gasteiger partial charge in [-0.15, -0.1) is 0 Å². The van der Waals surface area contributed by atoms with Crippen LogP contribution < -0.4 is 10.6 Å². The van der Waals surface area contributed by atoms with Crippen LogP contribution in [0.5, 0.6) is 0 Å². The molecule has 3 N–H and O–H groups in total. The third-order valence-electron chi connectivity index (χ3n) is 2.44. The third kappa shape index (κ3) is 2.37. The van der Waals surface area contributed by atoms with Gasteiger partial charge in [-0.2, -0.15) is 0 Å². The van der Waals surface area contributed by atoms with E-state index < -0.39 is 0 Å². The van der Waals surface area contributed by atoms with Gasteiger partial charge in [0.15, 0.2) is 0 Å². The highest BCUT2D eigenvalue weighted by atomic mass is 16.2. The van der Waals surface area contributed by atoms with Crippen molar-refractivity contribution in [2.24, 2.45) is 0 Å². The van der Waals surface area contributed by atoms with Crippen LogP contribution in [-0.2, 0) is 4.79 Å². The Hall–Kier alpha value is -1.78. The van der Waals surface area contributed by atoms with Crippen LogP contribution >= 0.6 is 0 Å². The van der Waals surface area contributed by atoms with Gasteiger partial charge < -0.3 is 15.6 Å². The summed E-state index contributed by atoms with van der Waals surface area (Å²) in [6, 6.07) is 3.56. The van der Waals surface area contributed by atoms with Crippen LogP contribution in [0.15, 0.2) is 18.3 Å². The van der Waals surface area contributed by atoms with Crippen LogP contribution in [-0.4, -0.2) is 29.4 Å². The van der Waals surface area contributed by atoms with Crippen molar-refractivity contribution in [1.82, 2.24) is 15.6 Å². The van der Waals surface area contributed by atoms with Gasteiger partial charge in [-0.3, -0.25) is 9.59 Å². The van der Waals surface area contributed by atoms with Crippen molar-refractivity contribution < 1.29 is 9.59 Å². The minimum atomic E-state index is -0.138. The summed E-state index contributed by atoms with van der Waals surface area (Å²) in [7, 11) is 0. The quantitative estimate of drug-likeness (QED) is 0.653. The van der Waals surface area contributed by atoms with E-state index in [1.165, 1.54) is 0 Å². The second-order valence-electron chi connectivity index (χ2n) is 3.60. The molecule has 1 saturated heterocycles. The minimum Gasteiger partial charge on any atom is -0.357 e. The van der Waals surface area contributed by atoms with Crippen LogP contribution in [0.4, 0.5) is 0 Å². The van der Waals surface area contributed by atoms with Gasteiger partial charge in [0.2, 0.25) is 5.91 Å². The number of carbonyl (C=O) groups is 2. The first kappa shape index (κ1) is 9.76. The Morgan fingerprint density at radius 3 is 3.07 bits per heavy atom. The van der Waals surface area contributed by atoms with Crippen molar-refractivity contribution in [1.29, 1.82) is 0 Å². The van der Waals surface area contributed by atoms with E-state index in [4.69, 9.17) is 0 Å². The number of amides is 2. The van der Waals surface area contributed by atoms with Crippen molar-refractivity contribution in [2.45, 2.75) is 18.9 Å². The summed E-state index contributed by atoms with van der Waals surface area (Å²) in [5.74, 6) is -0.0738. The molecule has 1 fully saturated rings. The first-order chi connectivity index (χ1) is 7.25. The van der Waals surface area contributed by atoms with Crippen molar-refractivity contribution in [3.05, 3.63) is 24.0 Å². The molecule has 1 aromatic heterocycles. The van der Waals surface area contributed by atoms with E-state index in [2.05, 4.69) is 15.6 Å². The largest absolute Gasteiger partial charge is 0.357 e. The molecule has 1 aromatic rings. The van der Waals surface area contributed by atoms with Crippen LogP contribution in [0.25, 0.3) is 0 Å². The lowest BCUT2D eigenvalue weighted by Crippen LogP contribution is -2.38. The maximum atomic E-state index is 11.5. The highest BCUT2D eigenvalue weighted by molar-refractivity contribution is 5.92. The van der Waals surface area contributed by atoms with Gasteiger partial charge in [0, 0.05) is 25.2 Å². The van der Waals surface area contributed by atoms with E-state index in [1.54, 1.807) is 18.3 Å². The van der Waals surface area contributed by atoms with Crippen molar-refractivity contribution in [2.75, 3.05) is 6.54 Å². The molecule has 0 aliphatic carbocycles. The number of hydrogen-bond donors (Lipinski definition) is 3. The predicted octanol–water partition coefficient (Wildman–Crippen LogP) is 0.0231. The first-order valence-corrected chi connectivity index (χ1v) is 4.96. The average molecular weight is 207 g/mol. The Labute approximate surface area is 87.2 Å². The maximum absolute atomic E-state index is 11.5. The number of H-pyrrole nitrogens is 1. The van der Waals surface area contributed by atoms with E-state index in [0.717, 1.165) is 6.42 Å². The number of rotatable bonds is 3. The fourth-order valence-corrected chi connectivity index (χ4v) is 1.61. The molecule has 2 amide bonds. The minimum absolute atomic E-state index is 0.0640. The van der Waals surface area contributed by atoms with Crippen LogP contribution in [0.3, 0.4) is 0 Å². The zero-order chi connectivity index (χ0) is 10.7. The fourth-order valence-electron chi connectivity index (χ4n) is 1.61. The number of hydrogen-bond acceptors (Lipinski definition) is 2. The molecule has 2 heterocycles. The summed E-state index contributed by atoms with van der Waals surface area (Å²) < 4.78 is 0. The Balaban J connectivity index is 1.79. The lowest BCUT2D eigenvalue weighted by molar-refractivity contribution is -0.119. The van der Waals surface area contributed by atoms with Gasteiger partial charge in [0.25, 0.3) is 5.91 Å². The Morgan fingerprint density at radius 1 is 1.60 bits per heavy atom. The van der Waals surface area contributed by atoms with Gasteiger partial charge in [-0.25, -0.2) is 0 Å². The summed E-state index contributed by atoms with van der Waals surface area (Å²) in [4.78, 5) is 25.2. The molecule has 1 unspecified atom stereocenters. The van der Waals surface area contributed by atoms with Crippen molar-refractivity contribution in [3.8, 4) is 0 Å². The molecule has 80 valence electrons. The number of aromatic amines is 1. The van der Waals surface area contributed by atoms with E-state index >= 15 is 0 Å². The molecule has 0 aromatic carbocycles. The maximum Gasteiger partial charge on any atom is 0.267 e. The summed E-state index contributed by atoms with van der Waals surface area (Å²) in [5, 5.41) is 5.55. The molecular formula is C10H13N3O2. The average Bonchev–Trinajstić information content (AvgIpc) is 2.84. The molecule has 1 atom stereocenters. The zero-order valence-electron chi connectivity index (χ0n) is 8.25. The molecule has 15 heavy (non-hydrogen) atoms. The molecule has 5 heteroatoms.